The SMILES string of the molecule is CC(C)c1ccc(CN2CCOc3ccc([C@@H]4O[C@H](CO)[C@@H](O)[C@H](O)[C@H]4O)cc32)cc1. The zero-order valence-electron chi connectivity index (χ0n) is 17.9. The Hall–Kier alpha value is -2.16. The highest BCUT2D eigenvalue weighted by atomic mass is 16.5. The lowest BCUT2D eigenvalue weighted by atomic mass is 9.91. The molecule has 7 heteroatoms. The first kappa shape index (κ1) is 22.0. The maximum Gasteiger partial charge on any atom is 0.142 e. The minimum Gasteiger partial charge on any atom is -0.490 e. The van der Waals surface area contributed by atoms with Gasteiger partial charge in [-0.3, -0.25) is 0 Å². The summed E-state index contributed by atoms with van der Waals surface area (Å²) in [6.45, 7) is 5.91. The molecule has 168 valence electrons. The van der Waals surface area contributed by atoms with Gasteiger partial charge in [0, 0.05) is 6.54 Å². The van der Waals surface area contributed by atoms with E-state index in [9.17, 15) is 20.4 Å². The van der Waals surface area contributed by atoms with E-state index in [4.69, 9.17) is 9.47 Å². The van der Waals surface area contributed by atoms with Crippen molar-refractivity contribution in [3.63, 3.8) is 0 Å². The van der Waals surface area contributed by atoms with Crippen LogP contribution in [0.15, 0.2) is 42.5 Å². The first-order chi connectivity index (χ1) is 14.9. The Kier molecular flexibility index (Phi) is 6.50. The Labute approximate surface area is 182 Å². The molecular weight excluding hydrogens is 398 g/mol. The molecule has 2 aromatic carbocycles. The minimum atomic E-state index is -1.40. The van der Waals surface area contributed by atoms with E-state index in [1.165, 1.54) is 11.1 Å². The van der Waals surface area contributed by atoms with Gasteiger partial charge < -0.3 is 34.8 Å². The fourth-order valence-corrected chi connectivity index (χ4v) is 4.24. The van der Waals surface area contributed by atoms with Crippen LogP contribution >= 0.6 is 0 Å². The summed E-state index contributed by atoms with van der Waals surface area (Å²) in [6.07, 6.45) is -5.89. The molecule has 2 aromatic rings. The number of nitrogens with zero attached hydrogens (tertiary/aromatic N) is 1. The van der Waals surface area contributed by atoms with Gasteiger partial charge >= 0.3 is 0 Å². The average molecular weight is 430 g/mol. The molecule has 0 amide bonds. The van der Waals surface area contributed by atoms with Crippen LogP contribution in [0.3, 0.4) is 0 Å². The molecule has 0 saturated carbocycles. The number of aliphatic hydroxyl groups is 4. The molecule has 7 nitrogen and oxygen atoms in total. The number of ether oxygens (including phenoxy) is 2. The molecule has 31 heavy (non-hydrogen) atoms. The van der Waals surface area contributed by atoms with Gasteiger partial charge in [0.15, 0.2) is 0 Å². The smallest absolute Gasteiger partial charge is 0.142 e. The Morgan fingerprint density at radius 2 is 1.74 bits per heavy atom. The molecule has 4 N–H and O–H groups in total. The summed E-state index contributed by atoms with van der Waals surface area (Å²) in [7, 11) is 0. The second kappa shape index (κ2) is 9.14. The summed E-state index contributed by atoms with van der Waals surface area (Å²) in [6, 6.07) is 14.1. The van der Waals surface area contributed by atoms with E-state index in [1.54, 1.807) is 6.07 Å². The van der Waals surface area contributed by atoms with Gasteiger partial charge in [-0.1, -0.05) is 44.2 Å². The summed E-state index contributed by atoms with van der Waals surface area (Å²) < 4.78 is 11.5. The van der Waals surface area contributed by atoms with Crippen LogP contribution in [0.1, 0.15) is 42.6 Å². The number of benzene rings is 2. The first-order valence-electron chi connectivity index (χ1n) is 10.8. The van der Waals surface area contributed by atoms with Gasteiger partial charge in [0.05, 0.1) is 18.8 Å². The number of hydrogen-bond donors (Lipinski definition) is 4. The van der Waals surface area contributed by atoms with Crippen LogP contribution in [0.5, 0.6) is 5.75 Å². The third-order valence-corrected chi connectivity index (χ3v) is 6.18. The Morgan fingerprint density at radius 1 is 1.00 bits per heavy atom. The van der Waals surface area contributed by atoms with Gasteiger partial charge in [0.2, 0.25) is 0 Å². The third kappa shape index (κ3) is 4.42. The molecule has 0 aliphatic carbocycles. The second-order valence-corrected chi connectivity index (χ2v) is 8.64. The predicted octanol–water partition coefficient (Wildman–Crippen LogP) is 1.72. The lowest BCUT2D eigenvalue weighted by Crippen LogP contribution is -2.55. The lowest BCUT2D eigenvalue weighted by Gasteiger charge is -2.40. The fraction of sp³-hybridized carbons (Fsp3) is 0.500. The Balaban J connectivity index is 1.59. The number of aliphatic hydroxyl groups excluding tert-OH is 4. The highest BCUT2D eigenvalue weighted by molar-refractivity contribution is 5.62. The van der Waals surface area contributed by atoms with Crippen LogP contribution in [0.25, 0.3) is 0 Å². The van der Waals surface area contributed by atoms with Crippen LogP contribution in [-0.4, -0.2) is 64.6 Å². The van der Waals surface area contributed by atoms with Crippen LogP contribution in [-0.2, 0) is 11.3 Å². The van der Waals surface area contributed by atoms with Gasteiger partial charge in [-0.25, -0.2) is 0 Å². The van der Waals surface area contributed by atoms with Crippen LogP contribution < -0.4 is 9.64 Å². The minimum absolute atomic E-state index is 0.450. The van der Waals surface area contributed by atoms with Crippen molar-refractivity contribution in [2.24, 2.45) is 0 Å². The van der Waals surface area contributed by atoms with E-state index < -0.39 is 37.1 Å². The van der Waals surface area contributed by atoms with Gasteiger partial charge in [0.1, 0.15) is 42.9 Å². The van der Waals surface area contributed by atoms with Crippen molar-refractivity contribution in [2.45, 2.75) is 56.8 Å². The van der Waals surface area contributed by atoms with E-state index >= 15 is 0 Å². The number of fused-ring (bicyclic) bond motifs is 1. The van der Waals surface area contributed by atoms with Crippen molar-refractivity contribution in [1.82, 2.24) is 0 Å². The van der Waals surface area contributed by atoms with Crippen molar-refractivity contribution in [3.8, 4) is 5.75 Å². The Bertz CT molecular complexity index is 884. The van der Waals surface area contributed by atoms with Crippen LogP contribution in [0.2, 0.25) is 0 Å². The van der Waals surface area contributed by atoms with E-state index in [-0.39, 0.29) is 0 Å². The summed E-state index contributed by atoms with van der Waals surface area (Å²) in [5.41, 5.74) is 4.03. The van der Waals surface area contributed by atoms with E-state index in [1.807, 2.05) is 12.1 Å². The predicted molar refractivity (Wildman–Crippen MR) is 116 cm³/mol. The van der Waals surface area contributed by atoms with Crippen molar-refractivity contribution < 1.29 is 29.9 Å². The largest absolute Gasteiger partial charge is 0.490 e. The number of rotatable bonds is 5. The molecule has 2 aliphatic heterocycles. The summed E-state index contributed by atoms with van der Waals surface area (Å²) in [5.74, 6) is 1.23. The Morgan fingerprint density at radius 3 is 2.42 bits per heavy atom. The highest BCUT2D eigenvalue weighted by Crippen LogP contribution is 2.39. The standard InChI is InChI=1S/C24H31NO6/c1-14(2)16-5-3-15(4-6-16)12-25-9-10-30-19-8-7-17(11-18(19)25)24-23(29)22(28)21(27)20(13-26)31-24/h3-8,11,14,20-24,26-29H,9-10,12-13H2,1-2H3/t20-,21-,22+,23-,24+/m1/s1. The van der Waals surface area contributed by atoms with E-state index in [2.05, 4.69) is 43.0 Å². The molecule has 5 atom stereocenters. The highest BCUT2D eigenvalue weighted by Gasteiger charge is 2.44. The lowest BCUT2D eigenvalue weighted by molar-refractivity contribution is -0.231. The maximum absolute atomic E-state index is 10.5. The van der Waals surface area contributed by atoms with E-state index in [0.717, 1.165) is 18.0 Å². The molecular formula is C24H31NO6. The molecule has 0 radical (unpaired) electrons. The number of anilines is 1. The molecule has 0 spiro atoms. The molecule has 0 unspecified atom stereocenters. The zero-order valence-corrected chi connectivity index (χ0v) is 17.9. The van der Waals surface area contributed by atoms with E-state index in [0.29, 0.717) is 24.6 Å². The summed E-state index contributed by atoms with van der Waals surface area (Å²) >= 11 is 0. The maximum atomic E-state index is 10.5. The second-order valence-electron chi connectivity index (χ2n) is 8.64. The molecule has 1 saturated heterocycles. The van der Waals surface area contributed by atoms with Crippen molar-refractivity contribution in [3.05, 3.63) is 59.2 Å². The quantitative estimate of drug-likeness (QED) is 0.574. The summed E-state index contributed by atoms with van der Waals surface area (Å²) in [4.78, 5) is 2.22. The fourth-order valence-electron chi connectivity index (χ4n) is 4.24. The summed E-state index contributed by atoms with van der Waals surface area (Å²) in [5, 5.41) is 40.2. The van der Waals surface area contributed by atoms with Crippen LogP contribution in [0.4, 0.5) is 5.69 Å². The van der Waals surface area contributed by atoms with Gasteiger partial charge in [-0.2, -0.15) is 0 Å². The molecule has 0 bridgehead atoms. The first-order valence-corrected chi connectivity index (χ1v) is 10.8. The zero-order chi connectivity index (χ0) is 22.1. The monoisotopic (exact) mass is 429 g/mol. The average Bonchev–Trinajstić information content (AvgIpc) is 2.78. The normalized spacial score (nSPS) is 28.4. The molecule has 0 aromatic heterocycles. The van der Waals surface area contributed by atoms with Gasteiger partial charge in [-0.15, -0.1) is 0 Å². The molecule has 2 aliphatic rings. The van der Waals surface area contributed by atoms with Crippen molar-refractivity contribution in [1.29, 1.82) is 0 Å². The third-order valence-electron chi connectivity index (χ3n) is 6.18. The van der Waals surface area contributed by atoms with Crippen molar-refractivity contribution in [2.75, 3.05) is 24.7 Å². The molecule has 4 rings (SSSR count). The molecule has 1 fully saturated rings. The van der Waals surface area contributed by atoms with Gasteiger partial charge in [-0.05, 0) is 34.7 Å². The molecule has 2 heterocycles. The van der Waals surface area contributed by atoms with Crippen LogP contribution in [0, 0.1) is 0 Å². The van der Waals surface area contributed by atoms with Crippen molar-refractivity contribution >= 4 is 5.69 Å². The topological polar surface area (TPSA) is 103 Å². The number of hydrogen-bond acceptors (Lipinski definition) is 7. The van der Waals surface area contributed by atoms with Gasteiger partial charge in [0.25, 0.3) is 0 Å².